The molecule has 1 amide bonds. The van der Waals surface area contributed by atoms with Gasteiger partial charge >= 0.3 is 0 Å². The van der Waals surface area contributed by atoms with Crippen LogP contribution in [0.25, 0.3) is 0 Å². The number of amides is 1. The highest BCUT2D eigenvalue weighted by Gasteiger charge is 2.25. The molecule has 0 aromatic carbocycles. The summed E-state index contributed by atoms with van der Waals surface area (Å²) in [6, 6.07) is 0.370. The zero-order valence-corrected chi connectivity index (χ0v) is 13.8. The first-order valence-corrected chi connectivity index (χ1v) is 8.88. The quantitative estimate of drug-likeness (QED) is 0.851. The van der Waals surface area contributed by atoms with Gasteiger partial charge in [0.25, 0.3) is 0 Å². The molecule has 1 saturated heterocycles. The number of aromatic nitrogens is 3. The van der Waals surface area contributed by atoms with Gasteiger partial charge < -0.3 is 9.47 Å². The average Bonchev–Trinajstić information content (AvgIpc) is 3.23. The number of piperidine rings is 1. The molecule has 1 aliphatic rings. The topological polar surface area (TPSA) is 51.0 Å². The number of nitrogens with zero attached hydrogens (tertiary/aromatic N) is 4. The van der Waals surface area contributed by atoms with Gasteiger partial charge in [-0.15, -0.1) is 11.3 Å². The van der Waals surface area contributed by atoms with Crippen molar-refractivity contribution in [2.75, 3.05) is 13.1 Å². The Morgan fingerprint density at radius 1 is 1.45 bits per heavy atom. The van der Waals surface area contributed by atoms with E-state index < -0.39 is 0 Å². The van der Waals surface area contributed by atoms with Crippen LogP contribution in [0, 0.1) is 0 Å². The molecule has 2 aromatic rings. The molecule has 1 fully saturated rings. The number of likely N-dealkylation sites (tertiary alicyclic amines) is 1. The Morgan fingerprint density at radius 3 is 3.14 bits per heavy atom. The second kappa shape index (κ2) is 7.05. The summed E-state index contributed by atoms with van der Waals surface area (Å²) >= 11 is 1.58. The fourth-order valence-corrected chi connectivity index (χ4v) is 3.71. The Labute approximate surface area is 135 Å². The minimum atomic E-state index is 0.246. The van der Waals surface area contributed by atoms with Gasteiger partial charge in [-0.3, -0.25) is 4.79 Å². The van der Waals surface area contributed by atoms with Crippen molar-refractivity contribution in [2.45, 2.75) is 45.1 Å². The highest BCUT2D eigenvalue weighted by atomic mass is 32.1. The summed E-state index contributed by atoms with van der Waals surface area (Å²) in [5.74, 6) is 1.36. The maximum Gasteiger partial charge on any atom is 0.223 e. The molecule has 6 heteroatoms. The number of imidazole rings is 1. The predicted molar refractivity (Wildman–Crippen MR) is 86.9 cm³/mol. The molecule has 22 heavy (non-hydrogen) atoms. The lowest BCUT2D eigenvalue weighted by molar-refractivity contribution is -0.132. The van der Waals surface area contributed by atoms with Crippen LogP contribution < -0.4 is 0 Å². The van der Waals surface area contributed by atoms with E-state index in [9.17, 15) is 4.79 Å². The van der Waals surface area contributed by atoms with Crippen LogP contribution >= 0.6 is 11.3 Å². The summed E-state index contributed by atoms with van der Waals surface area (Å²) in [6.07, 6.45) is 8.33. The van der Waals surface area contributed by atoms with E-state index in [-0.39, 0.29) is 5.91 Å². The van der Waals surface area contributed by atoms with E-state index >= 15 is 0 Å². The van der Waals surface area contributed by atoms with E-state index in [2.05, 4.69) is 21.5 Å². The maximum absolute atomic E-state index is 12.4. The SMILES string of the molecule is CCc1nccn1C1CCCN(C(=O)CCc2cscn2)C1. The van der Waals surface area contributed by atoms with Gasteiger partial charge in [-0.2, -0.15) is 0 Å². The van der Waals surface area contributed by atoms with Crippen molar-refractivity contribution in [3.63, 3.8) is 0 Å². The molecule has 0 aliphatic carbocycles. The highest BCUT2D eigenvalue weighted by molar-refractivity contribution is 7.07. The number of carbonyl (C=O) groups is 1. The van der Waals surface area contributed by atoms with Crippen LogP contribution in [-0.4, -0.2) is 38.4 Å². The fourth-order valence-electron chi connectivity index (χ4n) is 3.11. The van der Waals surface area contributed by atoms with Crippen LogP contribution in [0.1, 0.15) is 43.7 Å². The van der Waals surface area contributed by atoms with Crippen molar-refractivity contribution in [2.24, 2.45) is 0 Å². The molecule has 2 aromatic heterocycles. The van der Waals surface area contributed by atoms with E-state index in [1.807, 2.05) is 28.2 Å². The van der Waals surface area contributed by atoms with Crippen molar-refractivity contribution in [1.29, 1.82) is 0 Å². The molecule has 3 rings (SSSR count). The van der Waals surface area contributed by atoms with Gasteiger partial charge in [-0.1, -0.05) is 6.92 Å². The Morgan fingerprint density at radius 2 is 2.36 bits per heavy atom. The second-order valence-electron chi connectivity index (χ2n) is 5.72. The van der Waals surface area contributed by atoms with Crippen LogP contribution in [0.4, 0.5) is 0 Å². The maximum atomic E-state index is 12.4. The number of thiazole rings is 1. The summed E-state index contributed by atoms with van der Waals surface area (Å²) < 4.78 is 2.25. The molecular formula is C16H22N4OS. The smallest absolute Gasteiger partial charge is 0.223 e. The van der Waals surface area contributed by atoms with Gasteiger partial charge in [0.2, 0.25) is 5.91 Å². The van der Waals surface area contributed by atoms with E-state index in [0.717, 1.165) is 50.3 Å². The third-order valence-electron chi connectivity index (χ3n) is 4.29. The van der Waals surface area contributed by atoms with Gasteiger partial charge in [0.1, 0.15) is 5.82 Å². The van der Waals surface area contributed by atoms with E-state index in [4.69, 9.17) is 0 Å². The molecule has 1 aliphatic heterocycles. The van der Waals surface area contributed by atoms with Crippen molar-refractivity contribution in [1.82, 2.24) is 19.4 Å². The van der Waals surface area contributed by atoms with Crippen molar-refractivity contribution >= 4 is 17.2 Å². The van der Waals surface area contributed by atoms with Gasteiger partial charge in [-0.25, -0.2) is 9.97 Å². The molecule has 118 valence electrons. The third kappa shape index (κ3) is 3.38. The number of aryl methyl sites for hydroxylation is 2. The van der Waals surface area contributed by atoms with Crippen molar-refractivity contribution in [3.8, 4) is 0 Å². The summed E-state index contributed by atoms with van der Waals surface area (Å²) in [5, 5.41) is 2.02. The highest BCUT2D eigenvalue weighted by Crippen LogP contribution is 2.23. The normalized spacial score (nSPS) is 18.6. The first kappa shape index (κ1) is 15.2. The molecule has 0 bridgehead atoms. The Hall–Kier alpha value is -1.69. The molecule has 0 radical (unpaired) electrons. The molecule has 0 N–H and O–H groups in total. The zero-order chi connectivity index (χ0) is 15.4. The largest absolute Gasteiger partial charge is 0.341 e. The average molecular weight is 318 g/mol. The van der Waals surface area contributed by atoms with Crippen LogP contribution in [-0.2, 0) is 17.6 Å². The molecule has 1 atom stereocenters. The summed E-state index contributed by atoms with van der Waals surface area (Å²) in [5.41, 5.74) is 2.84. The van der Waals surface area contributed by atoms with Crippen LogP contribution in [0.5, 0.6) is 0 Å². The molecule has 0 spiro atoms. The number of carbonyl (C=O) groups excluding carboxylic acids is 1. The lowest BCUT2D eigenvalue weighted by Crippen LogP contribution is -2.41. The van der Waals surface area contributed by atoms with Crippen molar-refractivity contribution < 1.29 is 4.79 Å². The lowest BCUT2D eigenvalue weighted by Gasteiger charge is -2.34. The van der Waals surface area contributed by atoms with E-state index in [0.29, 0.717) is 12.5 Å². The van der Waals surface area contributed by atoms with Gasteiger partial charge in [0.15, 0.2) is 0 Å². The van der Waals surface area contributed by atoms with Gasteiger partial charge in [0, 0.05) is 43.7 Å². The molecule has 1 unspecified atom stereocenters. The zero-order valence-electron chi connectivity index (χ0n) is 12.9. The monoisotopic (exact) mass is 318 g/mol. The summed E-state index contributed by atoms with van der Waals surface area (Å²) in [4.78, 5) is 23.1. The predicted octanol–water partition coefficient (Wildman–Crippen LogP) is 2.70. The number of hydrogen-bond donors (Lipinski definition) is 0. The molecule has 5 nitrogen and oxygen atoms in total. The lowest BCUT2D eigenvalue weighted by atomic mass is 10.0. The van der Waals surface area contributed by atoms with Crippen LogP contribution in [0.15, 0.2) is 23.3 Å². The third-order valence-corrected chi connectivity index (χ3v) is 4.92. The van der Waals surface area contributed by atoms with Crippen LogP contribution in [0.3, 0.4) is 0 Å². The van der Waals surface area contributed by atoms with Gasteiger partial charge in [-0.05, 0) is 19.3 Å². The number of rotatable bonds is 5. The summed E-state index contributed by atoms with van der Waals surface area (Å²) in [7, 11) is 0. The van der Waals surface area contributed by atoms with E-state index in [1.54, 1.807) is 11.3 Å². The first-order chi connectivity index (χ1) is 10.8. The van der Waals surface area contributed by atoms with Crippen molar-refractivity contribution in [3.05, 3.63) is 34.8 Å². The van der Waals surface area contributed by atoms with Gasteiger partial charge in [0.05, 0.1) is 17.2 Å². The fraction of sp³-hybridized carbons (Fsp3) is 0.562. The Balaban J connectivity index is 1.59. The number of hydrogen-bond acceptors (Lipinski definition) is 4. The minimum absolute atomic E-state index is 0.246. The summed E-state index contributed by atoms with van der Waals surface area (Å²) in [6.45, 7) is 3.81. The molecular weight excluding hydrogens is 296 g/mol. The van der Waals surface area contributed by atoms with Crippen LogP contribution in [0.2, 0.25) is 0 Å². The molecule has 0 saturated carbocycles. The Kier molecular flexibility index (Phi) is 4.87. The van der Waals surface area contributed by atoms with E-state index in [1.165, 1.54) is 0 Å². The minimum Gasteiger partial charge on any atom is -0.341 e. The standard InChI is InChI=1S/C16H22N4OS/c1-2-15-17-7-9-20(15)14-4-3-8-19(10-14)16(21)6-5-13-11-22-12-18-13/h7,9,11-12,14H,2-6,8,10H2,1H3. The first-order valence-electron chi connectivity index (χ1n) is 7.94. The Bertz CT molecular complexity index is 607. The molecule has 3 heterocycles. The second-order valence-corrected chi connectivity index (χ2v) is 6.44.